The molecule has 0 aromatic heterocycles. The summed E-state index contributed by atoms with van der Waals surface area (Å²) in [6.45, 7) is 2.24. The number of hydrogen-bond acceptors (Lipinski definition) is 0. The Balaban J connectivity index is 1.83. The normalized spacial score (nSPS) is 12.8. The van der Waals surface area contributed by atoms with Gasteiger partial charge in [0.25, 0.3) is 0 Å². The Morgan fingerprint density at radius 3 is 2.06 bits per heavy atom. The zero-order chi connectivity index (χ0) is 12.6. The number of hydrogen-bond donors (Lipinski definition) is 0. The molecule has 0 heterocycles. The SMILES string of the molecule is CC(=CPc1ccccc1)CPc1ccccc1. The van der Waals surface area contributed by atoms with E-state index in [1.807, 2.05) is 0 Å². The minimum Gasteiger partial charge on any atom is -0.0862 e. The van der Waals surface area contributed by atoms with Crippen LogP contribution in [0.5, 0.6) is 0 Å². The van der Waals surface area contributed by atoms with Crippen molar-refractivity contribution < 1.29 is 0 Å². The fourth-order valence-electron chi connectivity index (χ4n) is 1.59. The first-order chi connectivity index (χ1) is 8.84. The third-order valence-electron chi connectivity index (χ3n) is 2.60. The van der Waals surface area contributed by atoms with Gasteiger partial charge in [0.05, 0.1) is 0 Å². The summed E-state index contributed by atoms with van der Waals surface area (Å²) in [7, 11) is 1.68. The maximum Gasteiger partial charge on any atom is -0.0101 e. The Morgan fingerprint density at radius 2 is 1.44 bits per heavy atom. The Hall–Kier alpha value is -0.960. The molecule has 0 spiro atoms. The topological polar surface area (TPSA) is 0 Å². The van der Waals surface area contributed by atoms with Gasteiger partial charge in [0.1, 0.15) is 0 Å². The van der Waals surface area contributed by atoms with Crippen molar-refractivity contribution in [1.82, 2.24) is 0 Å². The van der Waals surface area contributed by atoms with Gasteiger partial charge in [0.15, 0.2) is 0 Å². The summed E-state index contributed by atoms with van der Waals surface area (Å²) in [4.78, 5) is 0. The highest BCUT2D eigenvalue weighted by Crippen LogP contribution is 2.20. The minimum absolute atomic E-state index is 0.795. The molecule has 0 bridgehead atoms. The zero-order valence-corrected chi connectivity index (χ0v) is 12.6. The van der Waals surface area contributed by atoms with Crippen LogP contribution in [0.15, 0.2) is 72.1 Å². The van der Waals surface area contributed by atoms with E-state index in [0.717, 1.165) is 17.2 Å². The van der Waals surface area contributed by atoms with Gasteiger partial charge in [-0.1, -0.05) is 89.2 Å². The van der Waals surface area contributed by atoms with Crippen molar-refractivity contribution in [2.45, 2.75) is 6.92 Å². The summed E-state index contributed by atoms with van der Waals surface area (Å²) in [6, 6.07) is 21.4. The molecule has 18 heavy (non-hydrogen) atoms. The molecule has 0 aliphatic carbocycles. The van der Waals surface area contributed by atoms with Crippen LogP contribution >= 0.6 is 17.2 Å². The molecule has 0 fully saturated rings. The Labute approximate surface area is 113 Å². The standard InChI is InChI=1S/C16H18P2/c1-14(12-17-15-8-4-2-5-9-15)13-18-16-10-6-3-7-11-16/h2-12,17-18H,13H2,1H3. The summed E-state index contributed by atoms with van der Waals surface area (Å²) in [5, 5.41) is 2.87. The minimum atomic E-state index is 0.795. The summed E-state index contributed by atoms with van der Waals surface area (Å²) in [5.41, 5.74) is 1.50. The van der Waals surface area contributed by atoms with E-state index in [4.69, 9.17) is 0 Å². The van der Waals surface area contributed by atoms with Crippen molar-refractivity contribution in [3.63, 3.8) is 0 Å². The highest BCUT2D eigenvalue weighted by molar-refractivity contribution is 7.50. The molecule has 2 unspecified atom stereocenters. The van der Waals surface area contributed by atoms with E-state index in [2.05, 4.69) is 73.4 Å². The second-order valence-electron chi connectivity index (χ2n) is 4.22. The molecule has 2 aromatic rings. The molecule has 2 heteroatoms. The largest absolute Gasteiger partial charge is 0.0862 e. The lowest BCUT2D eigenvalue weighted by molar-refractivity contribution is 1.43. The molecule has 2 atom stereocenters. The maximum atomic E-state index is 2.38. The van der Waals surface area contributed by atoms with Gasteiger partial charge in [-0.25, -0.2) is 0 Å². The molecular formula is C16H18P2. The smallest absolute Gasteiger partial charge is 0.0101 e. The first-order valence-corrected chi connectivity index (χ1v) is 8.39. The third kappa shape index (κ3) is 4.73. The van der Waals surface area contributed by atoms with Crippen molar-refractivity contribution in [2.24, 2.45) is 0 Å². The summed E-state index contributed by atoms with van der Waals surface area (Å²) in [6.07, 6.45) is 1.18. The van der Waals surface area contributed by atoms with Crippen LogP contribution in [0.1, 0.15) is 6.92 Å². The van der Waals surface area contributed by atoms with Gasteiger partial charge in [-0.05, 0) is 23.7 Å². The van der Waals surface area contributed by atoms with E-state index in [1.54, 1.807) is 0 Å². The monoisotopic (exact) mass is 272 g/mol. The van der Waals surface area contributed by atoms with Gasteiger partial charge in [-0.15, -0.1) is 0 Å². The van der Waals surface area contributed by atoms with Crippen molar-refractivity contribution in [2.75, 3.05) is 6.16 Å². The Kier molecular flexibility index (Phi) is 5.59. The van der Waals surface area contributed by atoms with Crippen molar-refractivity contribution in [3.05, 3.63) is 72.1 Å². The van der Waals surface area contributed by atoms with E-state index >= 15 is 0 Å². The van der Waals surface area contributed by atoms with Crippen LogP contribution < -0.4 is 10.6 Å². The zero-order valence-electron chi connectivity index (χ0n) is 10.6. The van der Waals surface area contributed by atoms with Gasteiger partial charge in [-0.3, -0.25) is 0 Å². The Bertz CT molecular complexity index is 489. The molecule has 0 saturated heterocycles. The van der Waals surface area contributed by atoms with E-state index in [9.17, 15) is 0 Å². The van der Waals surface area contributed by atoms with E-state index in [0.29, 0.717) is 0 Å². The van der Waals surface area contributed by atoms with Crippen molar-refractivity contribution in [1.29, 1.82) is 0 Å². The molecule has 92 valence electrons. The average molecular weight is 272 g/mol. The predicted molar refractivity (Wildman–Crippen MR) is 87.4 cm³/mol. The first-order valence-electron chi connectivity index (χ1n) is 6.11. The second-order valence-corrected chi connectivity index (χ2v) is 6.66. The lowest BCUT2D eigenvalue weighted by Gasteiger charge is -2.03. The Morgan fingerprint density at radius 1 is 0.889 bits per heavy atom. The summed E-state index contributed by atoms with van der Waals surface area (Å²) in [5.74, 6) is 2.38. The van der Waals surface area contributed by atoms with E-state index in [1.165, 1.54) is 22.3 Å². The van der Waals surface area contributed by atoms with Gasteiger partial charge in [-0.2, -0.15) is 0 Å². The molecule has 2 aromatic carbocycles. The second kappa shape index (κ2) is 7.47. The lowest BCUT2D eigenvalue weighted by atomic mass is 10.4. The van der Waals surface area contributed by atoms with E-state index < -0.39 is 0 Å². The van der Waals surface area contributed by atoms with Crippen molar-refractivity contribution >= 4 is 27.8 Å². The van der Waals surface area contributed by atoms with Crippen LogP contribution in [-0.4, -0.2) is 6.16 Å². The van der Waals surface area contributed by atoms with Gasteiger partial charge in [0, 0.05) is 0 Å². The lowest BCUT2D eigenvalue weighted by Crippen LogP contribution is -1.94. The quantitative estimate of drug-likeness (QED) is 0.724. The fraction of sp³-hybridized carbons (Fsp3) is 0.125. The fourth-order valence-corrected chi connectivity index (χ4v) is 3.71. The highest BCUT2D eigenvalue weighted by atomic mass is 31.1. The third-order valence-corrected chi connectivity index (χ3v) is 5.38. The molecule has 0 N–H and O–H groups in total. The molecule has 2 rings (SSSR count). The molecule has 0 saturated carbocycles. The predicted octanol–water partition coefficient (Wildman–Crippen LogP) is 3.90. The number of allylic oxidation sites excluding steroid dienone is 1. The highest BCUT2D eigenvalue weighted by Gasteiger charge is 1.94. The maximum absolute atomic E-state index is 2.38. The molecular weight excluding hydrogens is 254 g/mol. The van der Waals surface area contributed by atoms with Crippen LogP contribution in [0.25, 0.3) is 0 Å². The average Bonchev–Trinajstić information content (AvgIpc) is 2.45. The number of rotatable bonds is 5. The van der Waals surface area contributed by atoms with Gasteiger partial charge in [0.2, 0.25) is 0 Å². The van der Waals surface area contributed by atoms with Crippen molar-refractivity contribution in [3.8, 4) is 0 Å². The molecule has 0 radical (unpaired) electrons. The van der Waals surface area contributed by atoms with Gasteiger partial charge < -0.3 is 0 Å². The summed E-state index contributed by atoms with van der Waals surface area (Å²) >= 11 is 0. The number of benzene rings is 2. The molecule has 0 aliphatic heterocycles. The van der Waals surface area contributed by atoms with Crippen LogP contribution in [0.3, 0.4) is 0 Å². The molecule has 0 nitrogen and oxygen atoms in total. The van der Waals surface area contributed by atoms with Crippen LogP contribution in [0, 0.1) is 0 Å². The van der Waals surface area contributed by atoms with Gasteiger partial charge >= 0.3 is 0 Å². The molecule has 0 amide bonds. The van der Waals surface area contributed by atoms with Crippen LogP contribution in [-0.2, 0) is 0 Å². The van der Waals surface area contributed by atoms with E-state index in [-0.39, 0.29) is 0 Å². The van der Waals surface area contributed by atoms with Crippen LogP contribution in [0.4, 0.5) is 0 Å². The first kappa shape index (κ1) is 13.5. The molecule has 0 aliphatic rings. The summed E-state index contributed by atoms with van der Waals surface area (Å²) < 4.78 is 0. The van der Waals surface area contributed by atoms with Crippen LogP contribution in [0.2, 0.25) is 0 Å².